The Morgan fingerprint density at radius 2 is 1.58 bits per heavy atom. The van der Waals surface area contributed by atoms with E-state index in [9.17, 15) is 9.59 Å². The van der Waals surface area contributed by atoms with Crippen molar-refractivity contribution in [2.45, 2.75) is 38.8 Å². The molecule has 0 unspecified atom stereocenters. The summed E-state index contributed by atoms with van der Waals surface area (Å²) < 4.78 is 0. The summed E-state index contributed by atoms with van der Waals surface area (Å²) in [6, 6.07) is 19.8. The van der Waals surface area contributed by atoms with Gasteiger partial charge in [-0.05, 0) is 37.0 Å². The van der Waals surface area contributed by atoms with Gasteiger partial charge in [-0.2, -0.15) is 0 Å². The number of primary amides is 1. The topological polar surface area (TPSA) is 75.4 Å². The van der Waals surface area contributed by atoms with E-state index in [1.54, 1.807) is 0 Å². The van der Waals surface area contributed by atoms with E-state index in [0.29, 0.717) is 16.6 Å². The first-order valence-electron chi connectivity index (χ1n) is 10.5. The Morgan fingerprint density at radius 1 is 1.00 bits per heavy atom. The Hall–Kier alpha value is -2.96. The largest absolute Gasteiger partial charge is 0.365 e. The molecule has 0 radical (unpaired) electrons. The predicted molar refractivity (Wildman–Crippen MR) is 125 cm³/mol. The van der Waals surface area contributed by atoms with Crippen LogP contribution in [-0.4, -0.2) is 29.3 Å². The fourth-order valence-electron chi connectivity index (χ4n) is 4.18. The molecule has 6 heteroatoms. The molecule has 0 bridgehead atoms. The van der Waals surface area contributed by atoms with E-state index < -0.39 is 11.8 Å². The van der Waals surface area contributed by atoms with E-state index in [-0.39, 0.29) is 5.91 Å². The van der Waals surface area contributed by atoms with E-state index in [0.717, 1.165) is 41.1 Å². The summed E-state index contributed by atoms with van der Waals surface area (Å²) in [6.45, 7) is 5.99. The molecule has 1 aliphatic rings. The van der Waals surface area contributed by atoms with Crippen LogP contribution in [0.15, 0.2) is 60.7 Å². The number of hydrogen-bond donors (Lipinski definition) is 2. The molecule has 0 saturated heterocycles. The predicted octanol–water partition coefficient (Wildman–Crippen LogP) is 4.38. The van der Waals surface area contributed by atoms with Gasteiger partial charge in [0.2, 0.25) is 5.91 Å². The lowest BCUT2D eigenvalue weighted by atomic mass is 9.90. The second-order valence-corrected chi connectivity index (χ2v) is 9.24. The van der Waals surface area contributed by atoms with Gasteiger partial charge in [0.15, 0.2) is 0 Å². The van der Waals surface area contributed by atoms with Gasteiger partial charge in [-0.1, -0.05) is 60.7 Å². The van der Waals surface area contributed by atoms with Gasteiger partial charge in [0, 0.05) is 24.0 Å². The zero-order chi connectivity index (χ0) is 22.0. The van der Waals surface area contributed by atoms with Gasteiger partial charge in [0.05, 0.1) is 11.5 Å². The highest BCUT2D eigenvalue weighted by Crippen LogP contribution is 2.38. The van der Waals surface area contributed by atoms with Gasteiger partial charge in [0.25, 0.3) is 5.91 Å². The van der Waals surface area contributed by atoms with Crippen LogP contribution in [-0.2, 0) is 17.8 Å². The molecule has 4 rings (SSSR count). The van der Waals surface area contributed by atoms with Gasteiger partial charge < -0.3 is 11.1 Å². The standard InChI is InChI=1S/C25H27N3O2S/c1-16(2)28-14-13-19-20(15-28)31-25(22(19)23(26)29)27-24(30)21(17-9-5-3-6-10-17)18-11-7-4-8-12-18/h3-12,16,21H,13-15H2,1-2H3,(H2,26,29)(H,27,30). The van der Waals surface area contributed by atoms with Gasteiger partial charge in [-0.15, -0.1) is 11.3 Å². The highest BCUT2D eigenvalue weighted by atomic mass is 32.1. The summed E-state index contributed by atoms with van der Waals surface area (Å²) in [5.74, 6) is -1.13. The molecule has 3 aromatic rings. The summed E-state index contributed by atoms with van der Waals surface area (Å²) in [5.41, 5.74) is 9.01. The van der Waals surface area contributed by atoms with Crippen LogP contribution < -0.4 is 11.1 Å². The van der Waals surface area contributed by atoms with Gasteiger partial charge in [0.1, 0.15) is 5.00 Å². The molecule has 0 aliphatic carbocycles. The van der Waals surface area contributed by atoms with Crippen LogP contribution in [0.4, 0.5) is 5.00 Å². The number of benzene rings is 2. The van der Waals surface area contributed by atoms with E-state index in [1.807, 2.05) is 60.7 Å². The minimum Gasteiger partial charge on any atom is -0.365 e. The first-order valence-corrected chi connectivity index (χ1v) is 11.4. The highest BCUT2D eigenvalue weighted by molar-refractivity contribution is 7.17. The van der Waals surface area contributed by atoms with Crippen LogP contribution in [0.5, 0.6) is 0 Å². The van der Waals surface area contributed by atoms with Crippen molar-refractivity contribution in [2.75, 3.05) is 11.9 Å². The lowest BCUT2D eigenvalue weighted by Crippen LogP contribution is -2.35. The number of amides is 2. The summed E-state index contributed by atoms with van der Waals surface area (Å²) >= 11 is 1.47. The maximum absolute atomic E-state index is 13.5. The van der Waals surface area contributed by atoms with Crippen LogP contribution in [0.25, 0.3) is 0 Å². The number of carbonyl (C=O) groups excluding carboxylic acids is 2. The van der Waals surface area contributed by atoms with Crippen molar-refractivity contribution in [3.05, 3.63) is 87.8 Å². The second-order valence-electron chi connectivity index (χ2n) is 8.13. The molecule has 1 aliphatic heterocycles. The first kappa shape index (κ1) is 21.3. The maximum atomic E-state index is 13.5. The normalized spacial score (nSPS) is 13.9. The molecule has 0 fully saturated rings. The number of carbonyl (C=O) groups is 2. The minimum atomic E-state index is -0.484. The third-order valence-electron chi connectivity index (χ3n) is 5.83. The first-order chi connectivity index (χ1) is 15.0. The van der Waals surface area contributed by atoms with Gasteiger partial charge in [-0.3, -0.25) is 14.5 Å². The number of nitrogens with zero attached hydrogens (tertiary/aromatic N) is 1. The minimum absolute atomic E-state index is 0.167. The molecule has 160 valence electrons. The molecule has 2 aromatic carbocycles. The van der Waals surface area contributed by atoms with Crippen LogP contribution in [0.2, 0.25) is 0 Å². The molecule has 5 nitrogen and oxygen atoms in total. The third-order valence-corrected chi connectivity index (χ3v) is 6.96. The molecule has 31 heavy (non-hydrogen) atoms. The van der Waals surface area contributed by atoms with Crippen molar-refractivity contribution < 1.29 is 9.59 Å². The number of thiophene rings is 1. The average Bonchev–Trinajstić information content (AvgIpc) is 3.12. The smallest absolute Gasteiger partial charge is 0.251 e. The monoisotopic (exact) mass is 433 g/mol. The number of nitrogens with one attached hydrogen (secondary N) is 1. The summed E-state index contributed by atoms with van der Waals surface area (Å²) in [7, 11) is 0. The van der Waals surface area contributed by atoms with Crippen LogP contribution in [0, 0.1) is 0 Å². The Labute approximate surface area is 186 Å². The Balaban J connectivity index is 1.69. The maximum Gasteiger partial charge on any atom is 0.251 e. The molecule has 0 spiro atoms. The SMILES string of the molecule is CC(C)N1CCc2c(sc(NC(=O)C(c3ccccc3)c3ccccc3)c2C(N)=O)C1. The number of nitrogens with two attached hydrogens (primary N) is 1. The fourth-order valence-corrected chi connectivity index (χ4v) is 5.46. The molecule has 0 saturated carbocycles. The van der Waals surface area contributed by atoms with Crippen molar-refractivity contribution in [1.82, 2.24) is 4.90 Å². The van der Waals surface area contributed by atoms with Crippen LogP contribution in [0.1, 0.15) is 51.7 Å². The Kier molecular flexibility index (Phi) is 6.20. The number of fused-ring (bicyclic) bond motifs is 1. The molecule has 2 amide bonds. The van der Waals surface area contributed by atoms with Crippen molar-refractivity contribution in [2.24, 2.45) is 5.73 Å². The molecule has 1 aromatic heterocycles. The highest BCUT2D eigenvalue weighted by Gasteiger charge is 2.30. The molecule has 0 atom stereocenters. The molecule has 2 heterocycles. The molecular weight excluding hydrogens is 406 g/mol. The molecular formula is C25H27N3O2S. The van der Waals surface area contributed by atoms with E-state index in [4.69, 9.17) is 5.73 Å². The number of hydrogen-bond acceptors (Lipinski definition) is 4. The zero-order valence-electron chi connectivity index (χ0n) is 17.8. The average molecular weight is 434 g/mol. The van der Waals surface area contributed by atoms with Gasteiger partial charge >= 0.3 is 0 Å². The van der Waals surface area contributed by atoms with E-state index in [1.165, 1.54) is 11.3 Å². The summed E-state index contributed by atoms with van der Waals surface area (Å²) in [6.07, 6.45) is 0.763. The van der Waals surface area contributed by atoms with E-state index >= 15 is 0 Å². The lowest BCUT2D eigenvalue weighted by molar-refractivity contribution is -0.116. The third kappa shape index (κ3) is 4.40. The fraction of sp³-hybridized carbons (Fsp3) is 0.280. The van der Waals surface area contributed by atoms with Crippen LogP contribution >= 0.6 is 11.3 Å². The Morgan fingerprint density at radius 3 is 2.10 bits per heavy atom. The van der Waals surface area contributed by atoms with Crippen molar-refractivity contribution in [1.29, 1.82) is 0 Å². The van der Waals surface area contributed by atoms with E-state index in [2.05, 4.69) is 24.1 Å². The summed E-state index contributed by atoms with van der Waals surface area (Å²) in [4.78, 5) is 29.3. The quantitative estimate of drug-likeness (QED) is 0.606. The second kappa shape index (κ2) is 9.04. The van der Waals surface area contributed by atoms with Crippen LogP contribution in [0.3, 0.4) is 0 Å². The molecule has 3 N–H and O–H groups in total. The van der Waals surface area contributed by atoms with Crippen molar-refractivity contribution >= 4 is 28.2 Å². The lowest BCUT2D eigenvalue weighted by Gasteiger charge is -2.30. The van der Waals surface area contributed by atoms with Crippen molar-refractivity contribution in [3.8, 4) is 0 Å². The van der Waals surface area contributed by atoms with Gasteiger partial charge in [-0.25, -0.2) is 0 Å². The Bertz CT molecular complexity index is 1040. The number of anilines is 1. The number of rotatable bonds is 6. The zero-order valence-corrected chi connectivity index (χ0v) is 18.6. The van der Waals surface area contributed by atoms with Crippen molar-refractivity contribution in [3.63, 3.8) is 0 Å². The summed E-state index contributed by atoms with van der Waals surface area (Å²) in [5, 5.41) is 3.61.